The monoisotopic (exact) mass is 301 g/mol. The van der Waals surface area contributed by atoms with E-state index in [-0.39, 0.29) is 0 Å². The average Bonchev–Trinajstić information content (AvgIpc) is 2.47. The van der Waals surface area contributed by atoms with E-state index >= 15 is 0 Å². The number of hydrogen-bond acceptors (Lipinski definition) is 3. The molecule has 1 heterocycles. The van der Waals surface area contributed by atoms with Crippen LogP contribution in [0.25, 0.3) is 0 Å². The molecule has 0 atom stereocenters. The van der Waals surface area contributed by atoms with Gasteiger partial charge in [-0.05, 0) is 55.0 Å². The Morgan fingerprint density at radius 3 is 2.00 bits per heavy atom. The summed E-state index contributed by atoms with van der Waals surface area (Å²) in [6.45, 7) is 6.12. The van der Waals surface area contributed by atoms with Crippen LogP contribution in [0.1, 0.15) is 5.56 Å². The zero-order valence-corrected chi connectivity index (χ0v) is 13.0. The van der Waals surface area contributed by atoms with Crippen molar-refractivity contribution in [1.29, 1.82) is 0 Å². The lowest BCUT2D eigenvalue weighted by Gasteiger charge is -2.37. The Bertz CT molecular complexity index is 596. The second kappa shape index (κ2) is 5.86. The van der Waals surface area contributed by atoms with Gasteiger partial charge >= 0.3 is 0 Å². The Labute approximate surface area is 130 Å². The summed E-state index contributed by atoms with van der Waals surface area (Å²) < 4.78 is 0. The molecule has 110 valence electrons. The van der Waals surface area contributed by atoms with E-state index in [0.717, 1.165) is 36.9 Å². The normalized spacial score (nSPS) is 15.3. The van der Waals surface area contributed by atoms with Gasteiger partial charge in [0.05, 0.1) is 0 Å². The van der Waals surface area contributed by atoms with Crippen LogP contribution in [0.3, 0.4) is 0 Å². The molecule has 3 rings (SSSR count). The van der Waals surface area contributed by atoms with E-state index in [1.54, 1.807) is 0 Å². The molecule has 3 nitrogen and oxygen atoms in total. The number of aryl methyl sites for hydroxylation is 1. The first kappa shape index (κ1) is 14.1. The molecule has 2 aromatic rings. The van der Waals surface area contributed by atoms with Gasteiger partial charge in [-0.25, -0.2) is 0 Å². The number of nitrogens with two attached hydrogens (primary N) is 1. The highest BCUT2D eigenvalue weighted by Crippen LogP contribution is 2.24. The number of nitrogen functional groups attached to an aromatic ring is 1. The first-order valence-corrected chi connectivity index (χ1v) is 7.62. The van der Waals surface area contributed by atoms with Crippen molar-refractivity contribution in [2.45, 2.75) is 6.92 Å². The summed E-state index contributed by atoms with van der Waals surface area (Å²) in [5.74, 6) is 0. The van der Waals surface area contributed by atoms with Gasteiger partial charge in [-0.3, -0.25) is 0 Å². The van der Waals surface area contributed by atoms with Crippen molar-refractivity contribution in [3.05, 3.63) is 53.1 Å². The predicted octanol–water partition coefficient (Wildman–Crippen LogP) is 3.56. The largest absolute Gasteiger partial charge is 0.399 e. The van der Waals surface area contributed by atoms with Crippen LogP contribution in [-0.2, 0) is 0 Å². The zero-order valence-electron chi connectivity index (χ0n) is 12.2. The Hall–Kier alpha value is -1.87. The maximum Gasteiger partial charge on any atom is 0.0407 e. The zero-order chi connectivity index (χ0) is 14.8. The summed E-state index contributed by atoms with van der Waals surface area (Å²) >= 11 is 5.94. The van der Waals surface area contributed by atoms with E-state index in [2.05, 4.69) is 41.0 Å². The average molecular weight is 302 g/mol. The molecule has 21 heavy (non-hydrogen) atoms. The second-order valence-electron chi connectivity index (χ2n) is 5.55. The molecule has 0 unspecified atom stereocenters. The number of rotatable bonds is 2. The van der Waals surface area contributed by atoms with Crippen LogP contribution in [0, 0.1) is 6.92 Å². The van der Waals surface area contributed by atoms with Crippen molar-refractivity contribution in [2.75, 3.05) is 41.7 Å². The molecule has 0 amide bonds. The fraction of sp³-hybridized carbons (Fsp3) is 0.294. The van der Waals surface area contributed by atoms with E-state index in [1.165, 1.54) is 16.9 Å². The number of nitrogens with zero attached hydrogens (tertiary/aromatic N) is 2. The van der Waals surface area contributed by atoms with Gasteiger partial charge in [-0.1, -0.05) is 11.6 Å². The first-order valence-electron chi connectivity index (χ1n) is 7.24. The van der Waals surface area contributed by atoms with Crippen LogP contribution in [0.4, 0.5) is 17.1 Å². The third-order valence-corrected chi connectivity index (χ3v) is 4.17. The molecule has 1 aliphatic heterocycles. The number of anilines is 3. The molecule has 1 aliphatic rings. The van der Waals surface area contributed by atoms with Gasteiger partial charge in [-0.15, -0.1) is 0 Å². The number of halogens is 1. The lowest BCUT2D eigenvalue weighted by atomic mass is 10.1. The molecule has 0 radical (unpaired) electrons. The molecular formula is C17H20ClN3. The first-order chi connectivity index (χ1) is 10.1. The van der Waals surface area contributed by atoms with Crippen LogP contribution in [0.2, 0.25) is 5.02 Å². The third-order valence-electron chi connectivity index (χ3n) is 3.92. The summed E-state index contributed by atoms with van der Waals surface area (Å²) in [6.07, 6.45) is 0. The number of piperazine rings is 1. The SMILES string of the molecule is Cc1cc(N)cc(N2CCN(c3ccc(Cl)cc3)CC2)c1. The Morgan fingerprint density at radius 2 is 1.43 bits per heavy atom. The van der Waals surface area contributed by atoms with Crippen molar-refractivity contribution in [3.8, 4) is 0 Å². The van der Waals surface area contributed by atoms with Crippen LogP contribution in [-0.4, -0.2) is 26.2 Å². The fourth-order valence-corrected chi connectivity index (χ4v) is 2.98. The maximum absolute atomic E-state index is 5.95. The third kappa shape index (κ3) is 3.24. The van der Waals surface area contributed by atoms with Crippen LogP contribution >= 0.6 is 11.6 Å². The van der Waals surface area contributed by atoms with Gasteiger partial charge in [0.25, 0.3) is 0 Å². The van der Waals surface area contributed by atoms with Crippen molar-refractivity contribution in [2.24, 2.45) is 0 Å². The van der Waals surface area contributed by atoms with Crippen LogP contribution in [0.5, 0.6) is 0 Å². The molecular weight excluding hydrogens is 282 g/mol. The lowest BCUT2D eigenvalue weighted by Crippen LogP contribution is -2.46. The molecule has 1 saturated heterocycles. The van der Waals surface area contributed by atoms with E-state index in [1.807, 2.05) is 18.2 Å². The summed E-state index contributed by atoms with van der Waals surface area (Å²) in [7, 11) is 0. The minimum atomic E-state index is 0.785. The minimum Gasteiger partial charge on any atom is -0.399 e. The molecule has 0 aromatic heterocycles. The van der Waals surface area contributed by atoms with Gasteiger partial charge in [-0.2, -0.15) is 0 Å². The standard InChI is InChI=1S/C17H20ClN3/c1-13-10-15(19)12-17(11-13)21-8-6-20(7-9-21)16-4-2-14(18)3-5-16/h2-5,10-12H,6-9,19H2,1H3. The van der Waals surface area contributed by atoms with E-state index in [4.69, 9.17) is 17.3 Å². The van der Waals surface area contributed by atoms with Gasteiger partial charge in [0, 0.05) is 48.3 Å². The minimum absolute atomic E-state index is 0.785. The second-order valence-corrected chi connectivity index (χ2v) is 5.99. The molecule has 4 heteroatoms. The Morgan fingerprint density at radius 1 is 0.857 bits per heavy atom. The summed E-state index contributed by atoms with van der Waals surface area (Å²) in [5.41, 5.74) is 10.5. The quantitative estimate of drug-likeness (QED) is 0.861. The number of benzene rings is 2. The smallest absolute Gasteiger partial charge is 0.0407 e. The highest BCUT2D eigenvalue weighted by molar-refractivity contribution is 6.30. The van der Waals surface area contributed by atoms with Gasteiger partial charge in [0.2, 0.25) is 0 Å². The van der Waals surface area contributed by atoms with E-state index < -0.39 is 0 Å². The molecule has 0 aliphatic carbocycles. The summed E-state index contributed by atoms with van der Waals surface area (Å²) in [6, 6.07) is 14.3. The van der Waals surface area contributed by atoms with Crippen molar-refractivity contribution >= 4 is 28.7 Å². The molecule has 1 fully saturated rings. The van der Waals surface area contributed by atoms with E-state index in [0.29, 0.717) is 0 Å². The van der Waals surface area contributed by atoms with Gasteiger partial charge in [0.15, 0.2) is 0 Å². The lowest BCUT2D eigenvalue weighted by molar-refractivity contribution is 0.653. The fourth-order valence-electron chi connectivity index (χ4n) is 2.85. The Balaban J connectivity index is 1.68. The Kier molecular flexibility index (Phi) is 3.93. The molecule has 0 spiro atoms. The van der Waals surface area contributed by atoms with Gasteiger partial charge in [0.1, 0.15) is 0 Å². The molecule has 0 saturated carbocycles. The molecule has 0 bridgehead atoms. The van der Waals surface area contributed by atoms with Crippen molar-refractivity contribution in [1.82, 2.24) is 0 Å². The van der Waals surface area contributed by atoms with Crippen LogP contribution < -0.4 is 15.5 Å². The van der Waals surface area contributed by atoms with Gasteiger partial charge < -0.3 is 15.5 Å². The topological polar surface area (TPSA) is 32.5 Å². The maximum atomic E-state index is 5.95. The summed E-state index contributed by atoms with van der Waals surface area (Å²) in [4.78, 5) is 4.79. The highest BCUT2D eigenvalue weighted by Gasteiger charge is 2.17. The molecule has 2 N–H and O–H groups in total. The van der Waals surface area contributed by atoms with E-state index in [9.17, 15) is 0 Å². The highest BCUT2D eigenvalue weighted by atomic mass is 35.5. The van der Waals surface area contributed by atoms with Crippen molar-refractivity contribution in [3.63, 3.8) is 0 Å². The van der Waals surface area contributed by atoms with Crippen molar-refractivity contribution < 1.29 is 0 Å². The predicted molar refractivity (Wildman–Crippen MR) is 91.5 cm³/mol. The summed E-state index contributed by atoms with van der Waals surface area (Å²) in [5, 5.41) is 0.785. The van der Waals surface area contributed by atoms with Crippen LogP contribution in [0.15, 0.2) is 42.5 Å². The number of hydrogen-bond donors (Lipinski definition) is 1. The molecule has 2 aromatic carbocycles.